The molecule has 1 aliphatic carbocycles. The zero-order valence-electron chi connectivity index (χ0n) is 11.4. The van der Waals surface area contributed by atoms with Gasteiger partial charge in [-0.05, 0) is 64.9 Å². The van der Waals surface area contributed by atoms with Crippen molar-refractivity contribution in [3.63, 3.8) is 0 Å². The molecule has 2 aromatic rings. The van der Waals surface area contributed by atoms with Crippen molar-refractivity contribution in [3.8, 4) is 0 Å². The molecule has 0 radical (unpaired) electrons. The van der Waals surface area contributed by atoms with E-state index in [1.54, 1.807) is 0 Å². The first-order valence-corrected chi connectivity index (χ1v) is 8.09. The van der Waals surface area contributed by atoms with Crippen molar-refractivity contribution in [1.82, 2.24) is 0 Å². The van der Waals surface area contributed by atoms with Crippen molar-refractivity contribution >= 4 is 33.2 Å². The summed E-state index contributed by atoms with van der Waals surface area (Å²) in [5.74, 6) is 0.726. The molecule has 1 saturated carbocycles. The number of halogens is 2. The molecule has 1 nitrogen and oxygen atoms in total. The fourth-order valence-electron chi connectivity index (χ4n) is 2.49. The molecule has 0 amide bonds. The lowest BCUT2D eigenvalue weighted by Gasteiger charge is -2.21. The Labute approximate surface area is 133 Å². The maximum absolute atomic E-state index is 6.25. The van der Waals surface area contributed by atoms with Crippen LogP contribution in [0, 0.1) is 12.8 Å². The minimum Gasteiger partial charge on any atom is -0.377 e. The van der Waals surface area contributed by atoms with Crippen molar-refractivity contribution in [3.05, 3.63) is 63.1 Å². The highest BCUT2D eigenvalue weighted by molar-refractivity contribution is 9.10. The van der Waals surface area contributed by atoms with E-state index in [0.717, 1.165) is 26.7 Å². The standard InChI is InChI=1S/C17H17BrClN/c1-11-9-14(18)16(10-15(11)19)20-17(13-7-8-13)12-5-3-2-4-6-12/h2-6,9-10,13,17,20H,7-8H2,1H3. The van der Waals surface area contributed by atoms with Crippen LogP contribution in [0.3, 0.4) is 0 Å². The summed E-state index contributed by atoms with van der Waals surface area (Å²) in [6.45, 7) is 2.02. The van der Waals surface area contributed by atoms with Gasteiger partial charge >= 0.3 is 0 Å². The van der Waals surface area contributed by atoms with Crippen molar-refractivity contribution in [1.29, 1.82) is 0 Å². The summed E-state index contributed by atoms with van der Waals surface area (Å²) in [5.41, 5.74) is 3.51. The van der Waals surface area contributed by atoms with Crippen LogP contribution < -0.4 is 5.32 Å². The van der Waals surface area contributed by atoms with Gasteiger partial charge < -0.3 is 5.32 Å². The quantitative estimate of drug-likeness (QED) is 0.716. The van der Waals surface area contributed by atoms with Crippen LogP contribution in [0.25, 0.3) is 0 Å². The van der Waals surface area contributed by atoms with E-state index in [-0.39, 0.29) is 0 Å². The molecule has 0 heterocycles. The van der Waals surface area contributed by atoms with Gasteiger partial charge in [0.15, 0.2) is 0 Å². The molecule has 1 fully saturated rings. The fourth-order valence-corrected chi connectivity index (χ4v) is 3.22. The molecule has 3 heteroatoms. The van der Waals surface area contributed by atoms with Gasteiger partial charge in [0.1, 0.15) is 0 Å². The lowest BCUT2D eigenvalue weighted by Crippen LogP contribution is -2.13. The molecule has 0 aromatic heterocycles. The lowest BCUT2D eigenvalue weighted by molar-refractivity contribution is 0.678. The maximum atomic E-state index is 6.25. The largest absolute Gasteiger partial charge is 0.377 e. The second-order valence-electron chi connectivity index (χ2n) is 5.45. The highest BCUT2D eigenvalue weighted by Gasteiger charge is 2.32. The third-order valence-corrected chi connectivity index (χ3v) is 4.87. The van der Waals surface area contributed by atoms with Crippen molar-refractivity contribution in [2.75, 3.05) is 5.32 Å². The Morgan fingerprint density at radius 2 is 1.90 bits per heavy atom. The summed E-state index contributed by atoms with van der Waals surface area (Å²) >= 11 is 9.88. The van der Waals surface area contributed by atoms with Gasteiger partial charge in [-0.15, -0.1) is 0 Å². The number of anilines is 1. The summed E-state index contributed by atoms with van der Waals surface area (Å²) < 4.78 is 1.07. The van der Waals surface area contributed by atoms with Crippen LogP contribution in [0.5, 0.6) is 0 Å². The lowest BCUT2D eigenvalue weighted by atomic mass is 10.0. The van der Waals surface area contributed by atoms with Gasteiger partial charge in [-0.2, -0.15) is 0 Å². The molecule has 0 bridgehead atoms. The number of hydrogen-bond acceptors (Lipinski definition) is 1. The van der Waals surface area contributed by atoms with Crippen LogP contribution in [0.2, 0.25) is 5.02 Å². The Balaban J connectivity index is 1.89. The highest BCUT2D eigenvalue weighted by atomic mass is 79.9. The van der Waals surface area contributed by atoms with Crippen LogP contribution in [0.4, 0.5) is 5.69 Å². The van der Waals surface area contributed by atoms with Gasteiger partial charge in [0.2, 0.25) is 0 Å². The summed E-state index contributed by atoms with van der Waals surface area (Å²) in [6, 6.07) is 15.1. The van der Waals surface area contributed by atoms with Crippen molar-refractivity contribution < 1.29 is 0 Å². The zero-order chi connectivity index (χ0) is 14.1. The van der Waals surface area contributed by atoms with Gasteiger partial charge in [0.25, 0.3) is 0 Å². The second kappa shape index (κ2) is 5.79. The molecule has 0 saturated heterocycles. The first-order valence-electron chi connectivity index (χ1n) is 6.92. The minimum absolute atomic E-state index is 0.367. The average molecular weight is 351 g/mol. The Morgan fingerprint density at radius 1 is 1.20 bits per heavy atom. The molecular weight excluding hydrogens is 334 g/mol. The monoisotopic (exact) mass is 349 g/mol. The Kier molecular flexibility index (Phi) is 4.04. The fraction of sp³-hybridized carbons (Fsp3) is 0.294. The maximum Gasteiger partial charge on any atom is 0.0542 e. The molecule has 1 atom stereocenters. The van der Waals surface area contributed by atoms with Crippen LogP contribution in [-0.4, -0.2) is 0 Å². The van der Waals surface area contributed by atoms with Crippen LogP contribution in [0.15, 0.2) is 46.9 Å². The number of aryl methyl sites for hydroxylation is 1. The van der Waals surface area contributed by atoms with E-state index in [1.165, 1.54) is 18.4 Å². The molecule has 2 aromatic carbocycles. The predicted octanol–water partition coefficient (Wildman–Crippen LogP) is 5.97. The highest BCUT2D eigenvalue weighted by Crippen LogP contribution is 2.44. The topological polar surface area (TPSA) is 12.0 Å². The van der Waals surface area contributed by atoms with Crippen molar-refractivity contribution in [2.24, 2.45) is 5.92 Å². The number of rotatable bonds is 4. The van der Waals surface area contributed by atoms with E-state index in [1.807, 2.05) is 13.0 Å². The average Bonchev–Trinajstić information content (AvgIpc) is 3.27. The smallest absolute Gasteiger partial charge is 0.0542 e. The van der Waals surface area contributed by atoms with E-state index in [0.29, 0.717) is 6.04 Å². The third-order valence-electron chi connectivity index (χ3n) is 3.81. The Morgan fingerprint density at radius 3 is 2.55 bits per heavy atom. The van der Waals surface area contributed by atoms with E-state index in [2.05, 4.69) is 57.6 Å². The summed E-state index contributed by atoms with van der Waals surface area (Å²) in [7, 11) is 0. The number of benzene rings is 2. The molecule has 104 valence electrons. The van der Waals surface area contributed by atoms with Gasteiger partial charge in [-0.3, -0.25) is 0 Å². The third kappa shape index (κ3) is 3.02. The molecule has 3 rings (SSSR count). The van der Waals surface area contributed by atoms with Crippen LogP contribution >= 0.6 is 27.5 Å². The van der Waals surface area contributed by atoms with E-state index >= 15 is 0 Å². The SMILES string of the molecule is Cc1cc(Br)c(NC(c2ccccc2)C2CC2)cc1Cl. The van der Waals surface area contributed by atoms with Crippen LogP contribution in [-0.2, 0) is 0 Å². The number of nitrogens with one attached hydrogen (secondary N) is 1. The van der Waals surface area contributed by atoms with Crippen LogP contribution in [0.1, 0.15) is 30.0 Å². The van der Waals surface area contributed by atoms with Gasteiger partial charge in [-0.25, -0.2) is 0 Å². The van der Waals surface area contributed by atoms with Gasteiger partial charge in [0.05, 0.1) is 11.7 Å². The van der Waals surface area contributed by atoms with Gasteiger partial charge in [-0.1, -0.05) is 41.9 Å². The minimum atomic E-state index is 0.367. The molecule has 20 heavy (non-hydrogen) atoms. The first kappa shape index (κ1) is 14.0. The Hall–Kier alpha value is -0.990. The molecule has 1 N–H and O–H groups in total. The Bertz CT molecular complexity index is 608. The van der Waals surface area contributed by atoms with Crippen molar-refractivity contribution in [2.45, 2.75) is 25.8 Å². The second-order valence-corrected chi connectivity index (χ2v) is 6.71. The normalized spacial score (nSPS) is 15.9. The summed E-state index contributed by atoms with van der Waals surface area (Å²) in [6.07, 6.45) is 2.59. The first-order chi connectivity index (χ1) is 9.65. The molecule has 1 unspecified atom stereocenters. The summed E-state index contributed by atoms with van der Waals surface area (Å²) in [4.78, 5) is 0. The molecule has 0 spiro atoms. The molecule has 1 aliphatic rings. The predicted molar refractivity (Wildman–Crippen MR) is 89.4 cm³/mol. The summed E-state index contributed by atoms with van der Waals surface area (Å²) in [5, 5.41) is 4.47. The molecule has 0 aliphatic heterocycles. The van der Waals surface area contributed by atoms with E-state index in [4.69, 9.17) is 11.6 Å². The molecular formula is C17H17BrClN. The van der Waals surface area contributed by atoms with E-state index < -0.39 is 0 Å². The van der Waals surface area contributed by atoms with Gasteiger partial charge in [0, 0.05) is 9.50 Å². The van der Waals surface area contributed by atoms with E-state index in [9.17, 15) is 0 Å². The number of hydrogen-bond donors (Lipinski definition) is 1. The zero-order valence-corrected chi connectivity index (χ0v) is 13.7.